The van der Waals surface area contributed by atoms with E-state index in [9.17, 15) is 37.1 Å². The van der Waals surface area contributed by atoms with E-state index >= 15 is 0 Å². The highest BCUT2D eigenvalue weighted by Gasteiger charge is 2.43. The zero-order chi connectivity index (χ0) is 55.5. The van der Waals surface area contributed by atoms with Gasteiger partial charge in [0.15, 0.2) is 0 Å². The number of amides is 4. The van der Waals surface area contributed by atoms with E-state index in [0.717, 1.165) is 19.5 Å². The lowest BCUT2D eigenvalue weighted by molar-refractivity contribution is -0.149. The molecule has 0 radical (unpaired) electrons. The zero-order valence-corrected chi connectivity index (χ0v) is 45.4. The molecule has 0 unspecified atom stereocenters. The molecular weight excluding hydrogens is 986 g/mol. The SMILES string of the molecule is C=C/C(=C(\N=C/C)[C@H](C)OC)c1c2c3cc(ccc3n1CC(F)(F)F)-c1nnc(o1)C[C@H](NC(=O)[C@H](C(C)C)N(C)C(=O)[C@H]1CCN(C(=O)C#CC(C)(C)N3CCC3)C1)C(=O)N1CCC[C@](C=O)(COCC(C)(C)C2)N1. The number of alkyl halides is 3. The minimum Gasteiger partial charge on any atom is -0.421 e. The lowest BCUT2D eigenvalue weighted by Gasteiger charge is -2.42. The third-order valence-corrected chi connectivity index (χ3v) is 14.9. The summed E-state index contributed by atoms with van der Waals surface area (Å²) in [5.41, 5.74) is 2.58. The molecule has 412 valence electrons. The van der Waals surface area contributed by atoms with E-state index in [1.54, 1.807) is 57.0 Å². The molecule has 5 atom stereocenters. The molecule has 3 aromatic rings. The number of ether oxygens (including phenoxy) is 2. The number of halogens is 3. The maximum absolute atomic E-state index is 14.8. The molecule has 18 nitrogen and oxygen atoms in total. The Kier molecular flexibility index (Phi) is 17.5. The van der Waals surface area contributed by atoms with Crippen molar-refractivity contribution in [1.82, 2.24) is 45.2 Å². The fourth-order valence-electron chi connectivity index (χ4n) is 10.7. The predicted molar refractivity (Wildman–Crippen MR) is 280 cm³/mol. The molecule has 21 heteroatoms. The van der Waals surface area contributed by atoms with Crippen LogP contribution in [0.25, 0.3) is 27.9 Å². The summed E-state index contributed by atoms with van der Waals surface area (Å²) in [6, 6.07) is 2.40. The van der Waals surface area contributed by atoms with Crippen LogP contribution in [0.3, 0.4) is 0 Å². The van der Waals surface area contributed by atoms with Crippen LogP contribution in [0.15, 0.2) is 46.0 Å². The second-order valence-corrected chi connectivity index (χ2v) is 22.1. The van der Waals surface area contributed by atoms with Gasteiger partial charge < -0.3 is 38.4 Å². The summed E-state index contributed by atoms with van der Waals surface area (Å²) in [6.07, 6.45) is 0.438. The lowest BCUT2D eigenvalue weighted by Crippen LogP contribution is -2.66. The van der Waals surface area contributed by atoms with Gasteiger partial charge in [-0.3, -0.25) is 34.1 Å². The first-order valence-electron chi connectivity index (χ1n) is 26.1. The molecule has 2 aromatic heterocycles. The minimum absolute atomic E-state index is 0.00523. The van der Waals surface area contributed by atoms with Crippen molar-refractivity contribution in [2.75, 3.05) is 60.1 Å². The highest BCUT2D eigenvalue weighted by molar-refractivity contribution is 5.97. The maximum Gasteiger partial charge on any atom is 0.406 e. The van der Waals surface area contributed by atoms with Crippen LogP contribution < -0.4 is 10.7 Å². The quantitative estimate of drug-likeness (QED) is 0.0907. The number of aromatic nitrogens is 3. The normalized spacial score (nSPS) is 22.8. The van der Waals surface area contributed by atoms with E-state index in [-0.39, 0.29) is 74.0 Å². The summed E-state index contributed by atoms with van der Waals surface area (Å²) >= 11 is 0. The molecule has 2 N–H and O–H groups in total. The number of hydrogen-bond donors (Lipinski definition) is 2. The average Bonchev–Trinajstić information content (AvgIpc) is 4.10. The van der Waals surface area contributed by atoms with Crippen LogP contribution in [0.4, 0.5) is 13.2 Å². The predicted octanol–water partition coefficient (Wildman–Crippen LogP) is 5.79. The standard InChI is InChI=1S/C55H73F3N10O8/c1-12-38(45(59-13-2)35(5)74-11)47-40-28-52(6,7)32-75-33-54(31-69)20-14-24-68(63-54)51(73)41(27-43-61-62-49(76-43)36-16-17-42(39(40)26-36)67(47)30-55(56,57)58)60-48(71)46(34(3)4)64(10)50(72)37-19-25-65(29-37)44(70)18-21-53(8,9)66-22-15-23-66/h12-13,16-17,26,31,34-35,37,41,46,63H,1,14-15,19-20,22-25,27-30,32-33H2,2-11H3,(H,60,71)/b45-38+,59-13-/t35-,37-,41-,46-,54-/m0/s1. The van der Waals surface area contributed by atoms with Crippen molar-refractivity contribution < 1.29 is 51.0 Å². The molecule has 0 aliphatic carbocycles. The molecule has 0 saturated carbocycles. The number of aliphatic imine (C=N–C) groups is 1. The molecule has 3 fully saturated rings. The highest BCUT2D eigenvalue weighted by Crippen LogP contribution is 2.41. The van der Waals surface area contributed by atoms with Crippen molar-refractivity contribution in [1.29, 1.82) is 0 Å². The molecule has 3 saturated heterocycles. The number of likely N-dealkylation sites (tertiary alicyclic amines) is 2. The third-order valence-electron chi connectivity index (χ3n) is 14.9. The fraction of sp³-hybridized carbons (Fsp3) is 0.600. The molecule has 1 aromatic carbocycles. The first-order chi connectivity index (χ1) is 35.8. The number of nitrogens with one attached hydrogen (secondary N) is 2. The third kappa shape index (κ3) is 12.6. The van der Waals surface area contributed by atoms with Gasteiger partial charge in [0.25, 0.3) is 11.8 Å². The van der Waals surface area contributed by atoms with Crippen LogP contribution in [0.5, 0.6) is 0 Å². The largest absolute Gasteiger partial charge is 0.421 e. The molecule has 0 spiro atoms. The summed E-state index contributed by atoms with van der Waals surface area (Å²) in [6.45, 7) is 19.8. The van der Waals surface area contributed by atoms with Crippen LogP contribution in [0.2, 0.25) is 0 Å². The van der Waals surface area contributed by atoms with Crippen LogP contribution in [0.1, 0.15) is 98.2 Å². The van der Waals surface area contributed by atoms with Crippen LogP contribution in [-0.4, -0.2) is 166 Å². The van der Waals surface area contributed by atoms with Gasteiger partial charge in [0.2, 0.25) is 23.6 Å². The Morgan fingerprint density at radius 2 is 1.84 bits per heavy atom. The van der Waals surface area contributed by atoms with Crippen LogP contribution in [-0.2, 0) is 52.8 Å². The summed E-state index contributed by atoms with van der Waals surface area (Å²) < 4.78 is 63.8. The number of nitrogens with zero attached hydrogens (tertiary/aromatic N) is 8. The van der Waals surface area contributed by atoms with Gasteiger partial charge >= 0.3 is 6.18 Å². The van der Waals surface area contributed by atoms with Gasteiger partial charge in [-0.15, -0.1) is 10.2 Å². The second-order valence-electron chi connectivity index (χ2n) is 22.1. The molecular formula is C55H73F3N10O8. The Hall–Kier alpha value is -6.21. The topological polar surface area (TPSA) is 197 Å². The number of methoxy groups -OCH3 is 1. The smallest absolute Gasteiger partial charge is 0.406 e. The van der Waals surface area contributed by atoms with Crippen molar-refractivity contribution in [2.24, 2.45) is 22.2 Å². The molecule has 4 aliphatic rings. The summed E-state index contributed by atoms with van der Waals surface area (Å²) in [5.74, 6) is 2.83. The monoisotopic (exact) mass is 1060 g/mol. The molecule has 7 rings (SSSR count). The fourth-order valence-corrected chi connectivity index (χ4v) is 10.7. The Bertz CT molecular complexity index is 2820. The highest BCUT2D eigenvalue weighted by atomic mass is 19.4. The van der Waals surface area contributed by atoms with Gasteiger partial charge in [-0.2, -0.15) is 13.2 Å². The Morgan fingerprint density at radius 3 is 2.47 bits per heavy atom. The number of rotatable bonds is 13. The zero-order valence-electron chi connectivity index (χ0n) is 45.4. The van der Waals surface area contributed by atoms with Gasteiger partial charge in [-0.05, 0) is 101 Å². The van der Waals surface area contributed by atoms with E-state index in [4.69, 9.17) is 13.9 Å². The van der Waals surface area contributed by atoms with Crippen molar-refractivity contribution in [2.45, 2.75) is 136 Å². The first kappa shape index (κ1) is 57.5. The van der Waals surface area contributed by atoms with Crippen molar-refractivity contribution in [3.05, 3.63) is 53.7 Å². The number of hydrazine groups is 1. The van der Waals surface area contributed by atoms with Gasteiger partial charge in [0, 0.05) is 75.1 Å². The Morgan fingerprint density at radius 1 is 1.11 bits per heavy atom. The second kappa shape index (κ2) is 23.2. The first-order valence-corrected chi connectivity index (χ1v) is 26.1. The van der Waals surface area contributed by atoms with Gasteiger partial charge in [-0.25, -0.2) is 5.43 Å². The molecule has 76 heavy (non-hydrogen) atoms. The number of benzene rings is 1. The van der Waals surface area contributed by atoms with Crippen LogP contribution in [0, 0.1) is 29.1 Å². The molecule has 6 heterocycles. The number of likely N-dealkylation sites (N-methyl/N-ethyl adjacent to an activating group) is 1. The van der Waals surface area contributed by atoms with E-state index < -0.39 is 71.1 Å². The van der Waals surface area contributed by atoms with Gasteiger partial charge in [-0.1, -0.05) is 46.3 Å². The average molecular weight is 1060 g/mol. The number of allylic oxidation sites excluding steroid dienone is 2. The van der Waals surface area contributed by atoms with Gasteiger partial charge in [0.05, 0.1) is 48.6 Å². The summed E-state index contributed by atoms with van der Waals surface area (Å²) in [4.78, 5) is 79.7. The number of carbonyl (C=O) groups is 5. The lowest BCUT2D eigenvalue weighted by atomic mass is 9.84. The number of carbonyl (C=O) groups excluding carboxylic acids is 5. The van der Waals surface area contributed by atoms with Crippen molar-refractivity contribution in [3.63, 3.8) is 0 Å². The van der Waals surface area contributed by atoms with Crippen molar-refractivity contribution >= 4 is 52.6 Å². The van der Waals surface area contributed by atoms with Crippen LogP contribution >= 0.6 is 0 Å². The van der Waals surface area contributed by atoms with E-state index in [1.807, 2.05) is 27.7 Å². The van der Waals surface area contributed by atoms with Gasteiger partial charge in [0.1, 0.15) is 30.5 Å². The maximum atomic E-state index is 14.8. The molecule has 4 amide bonds. The minimum atomic E-state index is -4.65. The van der Waals surface area contributed by atoms with E-state index in [0.29, 0.717) is 59.9 Å². The number of fused-ring (bicyclic) bond motifs is 6. The molecule has 6 bridgehead atoms. The number of aldehydes is 1. The van der Waals surface area contributed by atoms with Crippen molar-refractivity contribution in [3.8, 4) is 23.3 Å². The van der Waals surface area contributed by atoms with E-state index in [2.05, 4.69) is 49.3 Å². The molecule has 4 aliphatic heterocycles. The Balaban J connectivity index is 1.25. The number of hydrogen-bond acceptors (Lipinski definition) is 13. The van der Waals surface area contributed by atoms with E-state index in [1.165, 1.54) is 34.7 Å². The Labute approximate surface area is 442 Å². The summed E-state index contributed by atoms with van der Waals surface area (Å²) in [7, 11) is 3.02. The summed E-state index contributed by atoms with van der Waals surface area (Å²) in [5, 5.41) is 13.2.